The van der Waals surface area contributed by atoms with Crippen LogP contribution in [0.4, 0.5) is 21.7 Å². The Morgan fingerprint density at radius 2 is 1.97 bits per heavy atom. The average molecular weight is 443 g/mol. The van der Waals surface area contributed by atoms with Gasteiger partial charge in [-0.2, -0.15) is 0 Å². The van der Waals surface area contributed by atoms with Crippen LogP contribution in [0, 0.1) is 0 Å². The van der Waals surface area contributed by atoms with Crippen molar-refractivity contribution in [1.82, 2.24) is 15.0 Å². The molecule has 0 fully saturated rings. The number of nitrogens with zero attached hydrogens (tertiary/aromatic N) is 4. The topological polar surface area (TPSA) is 80.2 Å². The molecule has 7 nitrogen and oxygen atoms in total. The number of nitrogens with one attached hydrogen (secondary N) is 1. The molecule has 4 aromatic rings. The van der Waals surface area contributed by atoms with Crippen LogP contribution in [0.25, 0.3) is 10.9 Å². The molecule has 5 rings (SSSR count). The van der Waals surface area contributed by atoms with E-state index in [1.807, 2.05) is 48.2 Å². The SMILES string of the molecule is CCN1c2nc(CF)ccc2NC(=O)c2cc(CCOc3ccnc4ccccc34)cnc21. The highest BCUT2D eigenvalue weighted by molar-refractivity contribution is 6.11. The van der Waals surface area contributed by atoms with E-state index in [2.05, 4.69) is 20.3 Å². The highest BCUT2D eigenvalue weighted by Gasteiger charge is 2.27. The number of carbonyl (C=O) groups excluding carboxylic acids is 1. The molecular weight excluding hydrogens is 421 g/mol. The summed E-state index contributed by atoms with van der Waals surface area (Å²) in [6, 6.07) is 14.7. The molecule has 1 N–H and O–H groups in total. The van der Waals surface area contributed by atoms with Gasteiger partial charge in [-0.3, -0.25) is 9.78 Å². The fourth-order valence-corrected chi connectivity index (χ4v) is 3.95. The molecule has 8 heteroatoms. The maximum absolute atomic E-state index is 13.2. The van der Waals surface area contributed by atoms with E-state index in [1.54, 1.807) is 24.5 Å². The summed E-state index contributed by atoms with van der Waals surface area (Å²) in [6.07, 6.45) is 4.05. The lowest BCUT2D eigenvalue weighted by Crippen LogP contribution is -2.20. The van der Waals surface area contributed by atoms with Crippen molar-refractivity contribution in [2.24, 2.45) is 0 Å². The third-order valence-electron chi connectivity index (χ3n) is 5.57. The lowest BCUT2D eigenvalue weighted by atomic mass is 10.1. The van der Waals surface area contributed by atoms with Crippen LogP contribution < -0.4 is 15.0 Å². The summed E-state index contributed by atoms with van der Waals surface area (Å²) in [6.45, 7) is 2.22. The molecule has 4 heterocycles. The van der Waals surface area contributed by atoms with Crippen molar-refractivity contribution in [2.45, 2.75) is 20.0 Å². The molecule has 166 valence electrons. The van der Waals surface area contributed by atoms with Crippen LogP contribution >= 0.6 is 0 Å². The number of halogens is 1. The molecule has 0 aliphatic carbocycles. The molecule has 0 spiro atoms. The molecule has 3 aromatic heterocycles. The van der Waals surface area contributed by atoms with Gasteiger partial charge in [0.15, 0.2) is 5.82 Å². The second kappa shape index (κ2) is 8.82. The first-order chi connectivity index (χ1) is 16.2. The van der Waals surface area contributed by atoms with Gasteiger partial charge >= 0.3 is 0 Å². The van der Waals surface area contributed by atoms with Crippen molar-refractivity contribution >= 4 is 34.1 Å². The van der Waals surface area contributed by atoms with Gasteiger partial charge in [0, 0.05) is 30.7 Å². The lowest BCUT2D eigenvalue weighted by Gasteiger charge is -2.22. The molecule has 1 aliphatic rings. The maximum atomic E-state index is 13.2. The summed E-state index contributed by atoms with van der Waals surface area (Å²) in [7, 11) is 0. The van der Waals surface area contributed by atoms with E-state index in [0.29, 0.717) is 48.2 Å². The number of hydrogen-bond acceptors (Lipinski definition) is 6. The summed E-state index contributed by atoms with van der Waals surface area (Å²) in [4.78, 5) is 28.1. The number of anilines is 3. The third-order valence-corrected chi connectivity index (χ3v) is 5.57. The Morgan fingerprint density at radius 3 is 2.82 bits per heavy atom. The molecule has 1 amide bonds. The van der Waals surface area contributed by atoms with E-state index in [1.165, 1.54) is 0 Å². The van der Waals surface area contributed by atoms with Crippen molar-refractivity contribution in [3.05, 3.63) is 77.7 Å². The quantitative estimate of drug-likeness (QED) is 0.459. The second-order valence-corrected chi connectivity index (χ2v) is 7.65. The fourth-order valence-electron chi connectivity index (χ4n) is 3.95. The lowest BCUT2D eigenvalue weighted by molar-refractivity contribution is 0.102. The van der Waals surface area contributed by atoms with Crippen LogP contribution in [0.1, 0.15) is 28.5 Å². The minimum atomic E-state index is -0.676. The second-order valence-electron chi connectivity index (χ2n) is 7.65. The summed E-state index contributed by atoms with van der Waals surface area (Å²) < 4.78 is 19.2. The predicted molar refractivity (Wildman–Crippen MR) is 125 cm³/mol. The number of pyridine rings is 3. The van der Waals surface area contributed by atoms with Crippen LogP contribution in [-0.2, 0) is 13.1 Å². The van der Waals surface area contributed by atoms with Crippen molar-refractivity contribution in [2.75, 3.05) is 23.4 Å². The number of benzene rings is 1. The minimum Gasteiger partial charge on any atom is -0.492 e. The van der Waals surface area contributed by atoms with Gasteiger partial charge in [0.2, 0.25) is 0 Å². The Hall–Kier alpha value is -4.07. The molecule has 0 bridgehead atoms. The van der Waals surface area contributed by atoms with E-state index >= 15 is 0 Å². The number of carbonyl (C=O) groups is 1. The van der Waals surface area contributed by atoms with Crippen LogP contribution in [0.3, 0.4) is 0 Å². The first-order valence-electron chi connectivity index (χ1n) is 10.8. The highest BCUT2D eigenvalue weighted by Crippen LogP contribution is 2.35. The Labute approximate surface area is 190 Å². The van der Waals surface area contributed by atoms with Crippen LogP contribution in [-0.4, -0.2) is 34.0 Å². The standard InChI is InChI=1S/C25H22FN5O2/c1-2-31-23-19(25(32)30-21-8-7-17(14-26)29-24(21)31)13-16(15-28-23)10-12-33-22-9-11-27-20-6-4-3-5-18(20)22/h3-9,11,13,15H,2,10,12,14H2,1H3,(H,30,32). The predicted octanol–water partition coefficient (Wildman–Crippen LogP) is 4.84. The first kappa shape index (κ1) is 20.8. The van der Waals surface area contributed by atoms with Gasteiger partial charge in [0.05, 0.1) is 29.1 Å². The van der Waals surface area contributed by atoms with Crippen LogP contribution in [0.5, 0.6) is 5.75 Å². The fraction of sp³-hybridized carbons (Fsp3) is 0.200. The molecule has 0 unspecified atom stereocenters. The zero-order valence-corrected chi connectivity index (χ0v) is 18.1. The summed E-state index contributed by atoms with van der Waals surface area (Å²) in [5, 5.41) is 3.83. The number of hydrogen-bond donors (Lipinski definition) is 1. The van der Waals surface area contributed by atoms with Crippen molar-refractivity contribution in [3.63, 3.8) is 0 Å². The molecular formula is C25H22FN5O2. The molecule has 33 heavy (non-hydrogen) atoms. The number of para-hydroxylation sites is 1. The summed E-state index contributed by atoms with van der Waals surface area (Å²) in [5.74, 6) is 1.49. The molecule has 0 radical (unpaired) electrons. The Balaban J connectivity index is 1.39. The monoisotopic (exact) mass is 443 g/mol. The number of ether oxygens (including phenoxy) is 1. The minimum absolute atomic E-state index is 0.271. The van der Waals surface area contributed by atoms with E-state index in [4.69, 9.17) is 4.74 Å². The molecule has 1 aromatic carbocycles. The van der Waals surface area contributed by atoms with Crippen molar-refractivity contribution in [1.29, 1.82) is 0 Å². The van der Waals surface area contributed by atoms with Crippen LogP contribution in [0.15, 0.2) is 60.9 Å². The molecule has 1 aliphatic heterocycles. The summed E-state index contributed by atoms with van der Waals surface area (Å²) in [5.41, 5.74) is 3.04. The zero-order valence-electron chi connectivity index (χ0n) is 18.1. The van der Waals surface area contributed by atoms with Gasteiger partial charge in [-0.25, -0.2) is 14.4 Å². The van der Waals surface area contributed by atoms with E-state index in [0.717, 1.165) is 22.2 Å². The Morgan fingerprint density at radius 1 is 1.09 bits per heavy atom. The number of amides is 1. The number of rotatable bonds is 6. The van der Waals surface area contributed by atoms with Gasteiger partial charge in [-0.1, -0.05) is 12.1 Å². The van der Waals surface area contributed by atoms with E-state index in [-0.39, 0.29) is 5.91 Å². The normalized spacial score (nSPS) is 12.7. The van der Waals surface area contributed by atoms with Gasteiger partial charge in [-0.05, 0) is 48.9 Å². The van der Waals surface area contributed by atoms with E-state index < -0.39 is 6.67 Å². The van der Waals surface area contributed by atoms with Gasteiger partial charge < -0.3 is 15.0 Å². The Kier molecular flexibility index (Phi) is 5.56. The van der Waals surface area contributed by atoms with Gasteiger partial charge in [0.25, 0.3) is 5.91 Å². The third kappa shape index (κ3) is 3.95. The van der Waals surface area contributed by atoms with Gasteiger partial charge in [-0.15, -0.1) is 0 Å². The smallest absolute Gasteiger partial charge is 0.259 e. The largest absolute Gasteiger partial charge is 0.492 e. The van der Waals surface area contributed by atoms with Crippen molar-refractivity contribution < 1.29 is 13.9 Å². The Bertz CT molecular complexity index is 1340. The highest BCUT2D eigenvalue weighted by atomic mass is 19.1. The van der Waals surface area contributed by atoms with E-state index in [9.17, 15) is 9.18 Å². The van der Waals surface area contributed by atoms with Crippen LogP contribution in [0.2, 0.25) is 0 Å². The first-order valence-corrected chi connectivity index (χ1v) is 10.8. The van der Waals surface area contributed by atoms with Crippen molar-refractivity contribution in [3.8, 4) is 5.75 Å². The number of alkyl halides is 1. The summed E-state index contributed by atoms with van der Waals surface area (Å²) >= 11 is 0. The molecule has 0 atom stereocenters. The molecule has 0 saturated heterocycles. The maximum Gasteiger partial charge on any atom is 0.259 e. The zero-order chi connectivity index (χ0) is 22.8. The average Bonchev–Trinajstić information content (AvgIpc) is 2.97. The number of fused-ring (bicyclic) bond motifs is 3. The number of aromatic nitrogens is 3. The molecule has 0 saturated carbocycles. The van der Waals surface area contributed by atoms with Gasteiger partial charge in [0.1, 0.15) is 18.2 Å².